The zero-order valence-corrected chi connectivity index (χ0v) is 79.2. The molecule has 0 amide bonds. The first kappa shape index (κ1) is 80.6. The molecule has 0 atom stereocenters. The van der Waals surface area contributed by atoms with Crippen LogP contribution in [0, 0.1) is 31.2 Å². The van der Waals surface area contributed by atoms with Crippen LogP contribution in [-0.4, -0.2) is 44.8 Å². The molecule has 0 saturated heterocycles. The van der Waals surface area contributed by atoms with E-state index in [1.54, 1.807) is 6.20 Å². The average Bonchev–Trinajstić information content (AvgIpc) is 1.53. The van der Waals surface area contributed by atoms with Crippen LogP contribution in [0.4, 0.5) is 0 Å². The molecule has 17 heteroatoms. The molecule has 10 aromatic heterocycles. The first-order chi connectivity index (χ1) is 65.5. The molecule has 13 heterocycles. The standard InChI is InChI=1S/C20H13N2.C19H13N2.C18H12NS.C17H10NS.C12H11N2.2C11H8N.C5H8O2.3Ir/c1-2-9-16-14(7-1)15-8-5-6-13-12-21-17-10-3-4-11-18(17)22(16)20(21)19(13)15;1-3-9-15(10-4-1)19-20-17-13-7-8-14-18(17)21(19)16-11-5-2-6-12-16;1-2-7-16-13(5-1)14-9-8-12-11-19-10-4-3-6-15(19)17(12)18(14)20-16;1-2-10-16-12(6-1)13-7-5-8-14(17(13)19-16)15-9-3-4-11-18-15;1-9-6-7-14-8-10-4-2-3-5-11(10)12(14)13-9;2*1-2-6-10(7-3-1)11-8-4-5-9-12-11;1-4(6)3-5(2)7;;;/h1-11H,12H2;1-9,11-14H;1-10H,11H2;1-7,9-11H;2-7H,8H2,1H3;2*1-6,8-9H;3,6H,1-2H3;;;/q+1;-1;+1;-1;+1;2*-1;;;;/i;;;;;1D,2D,3D,4D,5D,6D,8D;;;;;. The number of aliphatic hydroxyl groups excluding tert-OH is 1. The van der Waals surface area contributed by atoms with Gasteiger partial charge in [-0.15, -0.1) is 143 Å². The van der Waals surface area contributed by atoms with Gasteiger partial charge in [0.1, 0.15) is 18.6 Å². The molecule has 0 aliphatic carbocycles. The van der Waals surface area contributed by atoms with Gasteiger partial charge in [0.05, 0.1) is 49.4 Å². The van der Waals surface area contributed by atoms with Crippen molar-refractivity contribution in [3.8, 4) is 73.5 Å². The average molecular weight is 2260 g/mol. The topological polar surface area (TPSA) is 123 Å². The summed E-state index contributed by atoms with van der Waals surface area (Å²) in [6.45, 7) is 7.80. The number of nitrogens with zero attached hydrogens (tertiary/aromatic N) is 10. The fourth-order valence-corrected chi connectivity index (χ4v) is 19.0. The number of pyridine rings is 5. The molecule has 13 aromatic carbocycles. The van der Waals surface area contributed by atoms with E-state index < -0.39 is 12.1 Å². The number of para-hydroxylation sites is 6. The number of thiophene rings is 2. The van der Waals surface area contributed by atoms with Gasteiger partial charge < -0.3 is 24.6 Å². The molecule has 3 aliphatic heterocycles. The number of benzene rings is 13. The molecule has 0 unspecified atom stereocenters. The first-order valence-electron chi connectivity index (χ1n) is 45.0. The zero-order chi connectivity index (χ0) is 92.0. The summed E-state index contributed by atoms with van der Waals surface area (Å²) in [7, 11) is 0. The molecule has 3 aliphatic rings. The van der Waals surface area contributed by atoms with Crippen LogP contribution in [0.1, 0.15) is 45.8 Å². The Labute approximate surface area is 812 Å². The molecule has 1 N–H and O–H groups in total. The van der Waals surface area contributed by atoms with Gasteiger partial charge in [-0.3, -0.25) is 9.78 Å². The fraction of sp³-hybridized carbons (Fsp3) is 0.0531. The van der Waals surface area contributed by atoms with Gasteiger partial charge in [-0.25, -0.2) is 9.13 Å². The molecule has 0 spiro atoms. The van der Waals surface area contributed by atoms with E-state index in [1.165, 1.54) is 132 Å². The number of ketones is 1. The molecule has 637 valence electrons. The minimum Gasteiger partial charge on any atom is -0.512 e. The number of rotatable bonds is 6. The number of aryl methyl sites for hydroxylation is 1. The Morgan fingerprint density at radius 3 is 1.82 bits per heavy atom. The van der Waals surface area contributed by atoms with Crippen LogP contribution in [-0.2, 0) is 84.7 Å². The summed E-state index contributed by atoms with van der Waals surface area (Å²) in [5.41, 5.74) is 22.8. The van der Waals surface area contributed by atoms with Gasteiger partial charge in [0, 0.05) is 171 Å². The Kier molecular flexibility index (Phi) is 25.7. The predicted molar refractivity (Wildman–Crippen MR) is 518 cm³/mol. The van der Waals surface area contributed by atoms with Gasteiger partial charge in [0.2, 0.25) is 5.69 Å². The van der Waals surface area contributed by atoms with Crippen molar-refractivity contribution in [2.24, 2.45) is 0 Å². The van der Waals surface area contributed by atoms with Gasteiger partial charge in [0.25, 0.3) is 5.65 Å². The minimum absolute atomic E-state index is 0. The first-order valence-corrected chi connectivity index (χ1v) is 43.2. The molecule has 26 rings (SSSR count). The minimum atomic E-state index is -0.443. The molecule has 0 fully saturated rings. The van der Waals surface area contributed by atoms with Crippen LogP contribution in [0.15, 0.2) is 413 Å². The number of carbonyl (C=O) groups is 1. The normalized spacial score (nSPS) is 12.1. The number of hydrogen-bond acceptors (Lipinski definition) is 9. The van der Waals surface area contributed by atoms with Gasteiger partial charge >= 0.3 is 5.82 Å². The molecular formula is C113H83Ir3N10O2S2-. The smallest absolute Gasteiger partial charge is 0.331 e. The second-order valence-corrected chi connectivity index (χ2v) is 32.3. The van der Waals surface area contributed by atoms with E-state index in [0.29, 0.717) is 0 Å². The van der Waals surface area contributed by atoms with Crippen molar-refractivity contribution in [1.29, 1.82) is 0 Å². The Morgan fingerprint density at radius 1 is 0.454 bits per heavy atom. The number of fused-ring (bicyclic) bond motifs is 20. The van der Waals surface area contributed by atoms with Crippen molar-refractivity contribution in [3.05, 3.63) is 459 Å². The summed E-state index contributed by atoms with van der Waals surface area (Å²) in [6.07, 6.45) is 10.1. The van der Waals surface area contributed by atoms with Crippen molar-refractivity contribution in [3.63, 3.8) is 0 Å². The van der Waals surface area contributed by atoms with E-state index in [-0.39, 0.29) is 113 Å². The van der Waals surface area contributed by atoms with E-state index in [4.69, 9.17) is 19.7 Å². The van der Waals surface area contributed by atoms with Crippen molar-refractivity contribution in [2.45, 2.75) is 40.4 Å². The van der Waals surface area contributed by atoms with E-state index in [9.17, 15) is 4.79 Å². The number of carbonyl (C=O) groups excluding carboxylic acids is 1. The third kappa shape index (κ3) is 19.0. The fourth-order valence-electron chi connectivity index (χ4n) is 16.5. The largest absolute Gasteiger partial charge is 0.512 e. The second kappa shape index (κ2) is 41.5. The molecule has 0 bridgehead atoms. The number of aromatic nitrogens is 10. The van der Waals surface area contributed by atoms with Gasteiger partial charge in [-0.1, -0.05) is 187 Å². The number of aliphatic hydroxyl groups is 1. The molecule has 12 nitrogen and oxygen atoms in total. The summed E-state index contributed by atoms with van der Waals surface area (Å²) in [5.74, 6) is 1.95. The van der Waals surface area contributed by atoms with Crippen LogP contribution in [0.25, 0.3) is 163 Å². The summed E-state index contributed by atoms with van der Waals surface area (Å²) >= 11 is 3.73. The maximum Gasteiger partial charge on any atom is 0.331 e. The molecule has 23 aromatic rings. The Hall–Kier alpha value is -13.9. The molecule has 3 radical (unpaired) electrons. The summed E-state index contributed by atoms with van der Waals surface area (Å²) < 4.78 is 69.8. The van der Waals surface area contributed by atoms with E-state index in [2.05, 4.69) is 279 Å². The molecule has 130 heavy (non-hydrogen) atoms. The van der Waals surface area contributed by atoms with Crippen LogP contribution < -0.4 is 13.7 Å². The second-order valence-electron chi connectivity index (χ2n) is 30.2. The Morgan fingerprint density at radius 2 is 1.08 bits per heavy atom. The predicted octanol–water partition coefficient (Wildman–Crippen LogP) is 25.7. The SMILES string of the molecule is CC(=O)C=C(C)O.Cc1cc[n+]2c(n1)-c1ccccc1C2.[2H]c1[c-]c(-c2ncc([2H])c([2H])c2[2H])c([2H])c([2H])c1[2H].[Ir].[Ir].[Ir].[c-]1ccc2c(sc3ccccc32)c1-c1ccccn1.[c-]1ccccc1-c1ccccn1.[c-]1ccccc1-c1nc2ccccc2n1-c1ccccc1.c1cc2c3c(c1)c1ccccc1n1c4ccccc4[n+](c31)C2.c1cc[n+]2c(c1)-c1c(ccc3c1sc1ccccc13)C2. The van der Waals surface area contributed by atoms with E-state index in [1.807, 2.05) is 163 Å². The third-order valence-electron chi connectivity index (χ3n) is 21.9. The summed E-state index contributed by atoms with van der Waals surface area (Å²) in [4.78, 5) is 31.8. The summed E-state index contributed by atoms with van der Waals surface area (Å²) in [5, 5.41) is 17.9. The van der Waals surface area contributed by atoms with Crippen molar-refractivity contribution in [2.75, 3.05) is 0 Å². The number of hydrogen-bond donors (Lipinski definition) is 1. The van der Waals surface area contributed by atoms with E-state index >= 15 is 0 Å². The van der Waals surface area contributed by atoms with Crippen LogP contribution in [0.3, 0.4) is 0 Å². The quantitative estimate of drug-likeness (QED) is 0.0578. The van der Waals surface area contributed by atoms with Crippen molar-refractivity contribution < 1.29 is 93.5 Å². The number of allylic oxidation sites excluding steroid dienone is 2. The van der Waals surface area contributed by atoms with Gasteiger partial charge in [-0.05, 0) is 134 Å². The van der Waals surface area contributed by atoms with Crippen LogP contribution in [0.5, 0.6) is 0 Å². The maximum absolute atomic E-state index is 10.0. The van der Waals surface area contributed by atoms with Crippen molar-refractivity contribution >= 4 is 118 Å². The Balaban J connectivity index is 0.000000115. The Bertz CT molecular complexity index is 8390. The van der Waals surface area contributed by atoms with E-state index in [0.717, 1.165) is 88.0 Å². The summed E-state index contributed by atoms with van der Waals surface area (Å²) in [6, 6.07) is 123. The maximum atomic E-state index is 10.0. The third-order valence-corrected chi connectivity index (χ3v) is 24.3. The van der Waals surface area contributed by atoms with Gasteiger partial charge in [-0.2, -0.15) is 20.3 Å². The molecule has 0 saturated carbocycles. The molecular weight excluding hydrogens is 2170 g/mol. The van der Waals surface area contributed by atoms with Crippen LogP contribution in [0.2, 0.25) is 0 Å². The monoisotopic (exact) mass is 2260 g/mol. The van der Waals surface area contributed by atoms with Crippen LogP contribution >= 0.6 is 22.7 Å². The zero-order valence-electron chi connectivity index (χ0n) is 77.4. The number of imidazole rings is 2. The van der Waals surface area contributed by atoms with Crippen molar-refractivity contribution in [1.82, 2.24) is 33.9 Å². The van der Waals surface area contributed by atoms with Gasteiger partial charge in [0.15, 0.2) is 35.3 Å².